The van der Waals surface area contributed by atoms with Gasteiger partial charge >= 0.3 is 5.97 Å². The van der Waals surface area contributed by atoms with E-state index < -0.39 is 17.9 Å². The molecule has 0 aliphatic carbocycles. The molecule has 0 fully saturated rings. The third-order valence-corrected chi connectivity index (χ3v) is 4.74. The van der Waals surface area contributed by atoms with Crippen LogP contribution in [-0.4, -0.2) is 36.0 Å². The number of carbonyl (C=O) groups excluding carboxylic acids is 2. The average molecular weight is 417 g/mol. The first kappa shape index (κ1) is 21.6. The molecule has 4 N–H and O–H groups in total. The van der Waals surface area contributed by atoms with Crippen molar-refractivity contribution >= 4 is 29.2 Å². The zero-order valence-electron chi connectivity index (χ0n) is 17.0. The van der Waals surface area contributed by atoms with E-state index in [1.807, 2.05) is 49.5 Å². The van der Waals surface area contributed by atoms with Crippen molar-refractivity contribution in [2.45, 2.75) is 12.5 Å². The molecule has 7 nitrogen and oxygen atoms in total. The molecule has 0 heterocycles. The number of carbonyl (C=O) groups is 3. The van der Waals surface area contributed by atoms with Crippen molar-refractivity contribution in [2.24, 2.45) is 0 Å². The van der Waals surface area contributed by atoms with Crippen LogP contribution in [0.15, 0.2) is 78.9 Å². The Kier molecular flexibility index (Phi) is 7.01. The van der Waals surface area contributed by atoms with Crippen LogP contribution in [-0.2, 0) is 11.2 Å². The summed E-state index contributed by atoms with van der Waals surface area (Å²) in [7, 11) is 1.81. The van der Waals surface area contributed by atoms with E-state index in [-0.39, 0.29) is 17.0 Å². The number of hydrogen-bond donors (Lipinski definition) is 4. The first-order chi connectivity index (χ1) is 15.0. The molecule has 1 unspecified atom stereocenters. The highest BCUT2D eigenvalue weighted by atomic mass is 16.4. The van der Waals surface area contributed by atoms with E-state index in [4.69, 9.17) is 5.11 Å². The Morgan fingerprint density at radius 3 is 1.97 bits per heavy atom. The fraction of sp³-hybridized carbons (Fsp3) is 0.125. The molecule has 2 amide bonds. The third-order valence-electron chi connectivity index (χ3n) is 4.74. The predicted molar refractivity (Wildman–Crippen MR) is 119 cm³/mol. The zero-order chi connectivity index (χ0) is 22.2. The number of anilines is 2. The van der Waals surface area contributed by atoms with E-state index in [1.165, 1.54) is 24.3 Å². The summed E-state index contributed by atoms with van der Waals surface area (Å²) in [6.07, 6.45) is 0.306. The van der Waals surface area contributed by atoms with Crippen LogP contribution in [0.3, 0.4) is 0 Å². The van der Waals surface area contributed by atoms with Gasteiger partial charge in [-0.25, -0.2) is 4.79 Å². The van der Waals surface area contributed by atoms with E-state index in [2.05, 4.69) is 16.0 Å². The van der Waals surface area contributed by atoms with E-state index in [0.717, 1.165) is 11.3 Å². The molecule has 0 bridgehead atoms. The fourth-order valence-corrected chi connectivity index (χ4v) is 3.01. The summed E-state index contributed by atoms with van der Waals surface area (Å²) in [6.45, 7) is 0. The minimum atomic E-state index is -1.07. The van der Waals surface area contributed by atoms with Crippen LogP contribution in [0.25, 0.3) is 0 Å². The maximum absolute atomic E-state index is 13.0. The molecule has 0 spiro atoms. The lowest BCUT2D eigenvalue weighted by atomic mass is 10.0. The maximum Gasteiger partial charge on any atom is 0.335 e. The minimum Gasteiger partial charge on any atom is -0.478 e. The quantitative estimate of drug-likeness (QED) is 0.449. The van der Waals surface area contributed by atoms with Gasteiger partial charge in [-0.15, -0.1) is 0 Å². The summed E-state index contributed by atoms with van der Waals surface area (Å²) in [4.78, 5) is 36.7. The van der Waals surface area contributed by atoms with Crippen molar-refractivity contribution in [1.29, 1.82) is 0 Å². The highest BCUT2D eigenvalue weighted by Gasteiger charge is 2.22. The van der Waals surface area contributed by atoms with Crippen molar-refractivity contribution in [1.82, 2.24) is 5.32 Å². The Bertz CT molecular complexity index is 1050. The lowest BCUT2D eigenvalue weighted by molar-refractivity contribution is -0.118. The highest BCUT2D eigenvalue weighted by molar-refractivity contribution is 6.01. The lowest BCUT2D eigenvalue weighted by Gasteiger charge is -2.19. The molecule has 0 aromatic heterocycles. The van der Waals surface area contributed by atoms with Crippen molar-refractivity contribution in [2.75, 3.05) is 17.7 Å². The number of rotatable bonds is 8. The van der Waals surface area contributed by atoms with Gasteiger partial charge < -0.3 is 21.1 Å². The largest absolute Gasteiger partial charge is 0.478 e. The molecule has 3 aromatic rings. The summed E-state index contributed by atoms with van der Waals surface area (Å²) >= 11 is 0. The Hall–Kier alpha value is -4.13. The molecule has 0 aliphatic rings. The standard InChI is InChI=1S/C24H23N3O4/c1-25-19-11-13-20(14-12-19)26-23(29)21(15-16-5-3-2-4-6-16)27-22(28)17-7-9-18(10-8-17)24(30)31/h2-14,21,25H,15H2,1H3,(H,26,29)(H,27,28)(H,30,31). The Labute approximate surface area is 180 Å². The van der Waals surface area contributed by atoms with Gasteiger partial charge in [-0.3, -0.25) is 9.59 Å². The topological polar surface area (TPSA) is 108 Å². The molecule has 1 atom stereocenters. The van der Waals surface area contributed by atoms with Gasteiger partial charge in [-0.05, 0) is 54.1 Å². The molecule has 7 heteroatoms. The summed E-state index contributed by atoms with van der Waals surface area (Å²) in [5, 5.41) is 17.6. The van der Waals surface area contributed by atoms with Gasteiger partial charge in [-0.1, -0.05) is 30.3 Å². The molecule has 3 rings (SSSR count). The average Bonchev–Trinajstić information content (AvgIpc) is 2.79. The van der Waals surface area contributed by atoms with Crippen LogP contribution >= 0.6 is 0 Å². The van der Waals surface area contributed by atoms with Crippen molar-refractivity contribution in [3.63, 3.8) is 0 Å². The molecule has 3 aromatic carbocycles. The molecular formula is C24H23N3O4. The van der Waals surface area contributed by atoms with Crippen LogP contribution < -0.4 is 16.0 Å². The summed E-state index contributed by atoms with van der Waals surface area (Å²) in [5.74, 6) is -1.88. The highest BCUT2D eigenvalue weighted by Crippen LogP contribution is 2.14. The number of amides is 2. The van der Waals surface area contributed by atoms with E-state index >= 15 is 0 Å². The second-order valence-electron chi connectivity index (χ2n) is 6.91. The van der Waals surface area contributed by atoms with Crippen LogP contribution in [0.1, 0.15) is 26.3 Å². The van der Waals surface area contributed by atoms with Gasteiger partial charge in [0.1, 0.15) is 6.04 Å². The first-order valence-electron chi connectivity index (χ1n) is 9.73. The molecule has 0 saturated carbocycles. The van der Waals surface area contributed by atoms with Crippen molar-refractivity contribution < 1.29 is 19.5 Å². The monoisotopic (exact) mass is 417 g/mol. The van der Waals surface area contributed by atoms with Crippen LogP contribution in [0.5, 0.6) is 0 Å². The first-order valence-corrected chi connectivity index (χ1v) is 9.73. The van der Waals surface area contributed by atoms with Crippen LogP contribution in [0.2, 0.25) is 0 Å². The molecule has 158 valence electrons. The second-order valence-corrected chi connectivity index (χ2v) is 6.91. The van der Waals surface area contributed by atoms with Crippen molar-refractivity contribution in [3.8, 4) is 0 Å². The minimum absolute atomic E-state index is 0.0835. The van der Waals surface area contributed by atoms with Crippen LogP contribution in [0, 0.1) is 0 Å². The summed E-state index contributed by atoms with van der Waals surface area (Å²) in [5.41, 5.74) is 2.78. The number of hydrogen-bond acceptors (Lipinski definition) is 4. The number of aromatic carboxylic acids is 1. The lowest BCUT2D eigenvalue weighted by Crippen LogP contribution is -2.45. The molecular weight excluding hydrogens is 394 g/mol. The van der Waals surface area contributed by atoms with E-state index in [1.54, 1.807) is 12.1 Å². The normalized spacial score (nSPS) is 11.3. The Morgan fingerprint density at radius 2 is 1.39 bits per heavy atom. The Balaban J connectivity index is 1.76. The van der Waals surface area contributed by atoms with Gasteiger partial charge in [0, 0.05) is 30.4 Å². The number of carboxylic acid groups (broad SMARTS) is 1. The predicted octanol–water partition coefficient (Wildman–Crippen LogP) is 3.41. The molecule has 0 saturated heterocycles. The van der Waals surface area contributed by atoms with Gasteiger partial charge in [0.2, 0.25) is 5.91 Å². The van der Waals surface area contributed by atoms with E-state index in [0.29, 0.717) is 12.1 Å². The number of nitrogens with one attached hydrogen (secondary N) is 3. The fourth-order valence-electron chi connectivity index (χ4n) is 3.01. The SMILES string of the molecule is CNc1ccc(NC(=O)C(Cc2ccccc2)NC(=O)c2ccc(C(=O)O)cc2)cc1. The molecule has 0 radical (unpaired) electrons. The maximum atomic E-state index is 13.0. The summed E-state index contributed by atoms with van der Waals surface area (Å²) < 4.78 is 0. The Morgan fingerprint density at radius 1 is 0.806 bits per heavy atom. The third kappa shape index (κ3) is 5.93. The van der Waals surface area contributed by atoms with E-state index in [9.17, 15) is 14.4 Å². The molecule has 0 aliphatic heterocycles. The summed E-state index contributed by atoms with van der Waals surface area (Å²) in [6, 6.07) is 21.3. The van der Waals surface area contributed by atoms with Gasteiger partial charge in [0.25, 0.3) is 5.91 Å². The number of benzene rings is 3. The van der Waals surface area contributed by atoms with Gasteiger partial charge in [-0.2, -0.15) is 0 Å². The van der Waals surface area contributed by atoms with Crippen LogP contribution in [0.4, 0.5) is 11.4 Å². The molecule has 31 heavy (non-hydrogen) atoms. The smallest absolute Gasteiger partial charge is 0.335 e. The van der Waals surface area contributed by atoms with Crippen molar-refractivity contribution in [3.05, 3.63) is 95.6 Å². The van der Waals surface area contributed by atoms with Gasteiger partial charge in [0.05, 0.1) is 5.56 Å². The zero-order valence-corrected chi connectivity index (χ0v) is 17.0. The number of carboxylic acids is 1. The van der Waals surface area contributed by atoms with Gasteiger partial charge in [0.15, 0.2) is 0 Å². The second kappa shape index (κ2) is 10.1.